The smallest absolute Gasteiger partial charge is 0.204 e. The van der Waals surface area contributed by atoms with Crippen LogP contribution in [0.4, 0.5) is 0 Å². The van der Waals surface area contributed by atoms with Crippen LogP contribution in [0.1, 0.15) is 64.5 Å². The molecule has 1 aliphatic rings. The zero-order valence-corrected chi connectivity index (χ0v) is 25.3. The van der Waals surface area contributed by atoms with Gasteiger partial charge < -0.3 is 39.3 Å². The number of H-pyrrole nitrogens is 1. The number of carbonyl (C=O) groups is 1. The van der Waals surface area contributed by atoms with E-state index >= 15 is 0 Å². The van der Waals surface area contributed by atoms with Crippen LogP contribution in [0.25, 0.3) is 11.1 Å². The summed E-state index contributed by atoms with van der Waals surface area (Å²) in [6, 6.07) is 16.9. The molecule has 0 fully saturated rings. The molecular weight excluding hydrogens is 562 g/mol. The molecule has 0 spiro atoms. The van der Waals surface area contributed by atoms with Crippen LogP contribution < -0.4 is 14.2 Å². The lowest BCUT2D eigenvalue weighted by Crippen LogP contribution is -2.24. The minimum Gasteiger partial charge on any atom is -0.508 e. The summed E-state index contributed by atoms with van der Waals surface area (Å²) in [6.07, 6.45) is 2.90. The molecule has 1 aromatic heterocycles. The first-order chi connectivity index (χ1) is 21.4. The van der Waals surface area contributed by atoms with E-state index in [1.807, 2.05) is 18.3 Å². The molecule has 2 atom stereocenters. The Morgan fingerprint density at radius 2 is 1.84 bits per heavy atom. The fourth-order valence-corrected chi connectivity index (χ4v) is 5.69. The maximum absolute atomic E-state index is 13.8. The highest BCUT2D eigenvalue weighted by molar-refractivity contribution is 6.04. The highest BCUT2D eigenvalue weighted by atomic mass is 16.5. The summed E-state index contributed by atoms with van der Waals surface area (Å²) in [4.78, 5) is 17.1. The lowest BCUT2D eigenvalue weighted by atomic mass is 9.86. The van der Waals surface area contributed by atoms with Gasteiger partial charge in [-0.1, -0.05) is 43.3 Å². The van der Waals surface area contributed by atoms with Gasteiger partial charge in [0, 0.05) is 43.5 Å². The van der Waals surface area contributed by atoms with Crippen LogP contribution in [0.15, 0.2) is 60.8 Å². The minimum atomic E-state index is -0.641. The first-order valence-corrected chi connectivity index (χ1v) is 14.8. The number of carbonyl (C=O) groups excluding carboxylic acids is 1. The van der Waals surface area contributed by atoms with Crippen molar-refractivity contribution in [2.24, 2.45) is 0 Å². The Labute approximate surface area is 257 Å². The van der Waals surface area contributed by atoms with Crippen molar-refractivity contribution >= 4 is 5.78 Å². The number of benzene rings is 3. The van der Waals surface area contributed by atoms with Crippen molar-refractivity contribution in [3.05, 3.63) is 88.7 Å². The van der Waals surface area contributed by atoms with Gasteiger partial charge in [-0.15, -0.1) is 0 Å². The maximum atomic E-state index is 13.8. The first kappa shape index (κ1) is 31.0. The van der Waals surface area contributed by atoms with Crippen LogP contribution >= 0.6 is 0 Å². The van der Waals surface area contributed by atoms with Crippen LogP contribution in [-0.4, -0.2) is 60.1 Å². The Balaban J connectivity index is 1.60. The fraction of sp³-hybridized carbons (Fsp3) is 0.343. The van der Waals surface area contributed by atoms with Crippen molar-refractivity contribution in [3.8, 4) is 39.9 Å². The number of aromatic nitrogens is 1. The Kier molecular flexibility index (Phi) is 9.77. The van der Waals surface area contributed by atoms with Gasteiger partial charge in [0.05, 0.1) is 26.7 Å². The normalized spacial score (nSPS) is 15.0. The van der Waals surface area contributed by atoms with E-state index in [1.54, 1.807) is 31.4 Å². The summed E-state index contributed by atoms with van der Waals surface area (Å²) in [5.41, 5.74) is 5.60. The number of aryl methyl sites for hydroxylation is 1. The molecule has 4 N–H and O–H groups in total. The molecule has 0 radical (unpaired) electrons. The van der Waals surface area contributed by atoms with Gasteiger partial charge in [0.15, 0.2) is 17.3 Å². The molecule has 0 bridgehead atoms. The Morgan fingerprint density at radius 1 is 1.05 bits per heavy atom. The second kappa shape index (κ2) is 13.9. The second-order valence-electron chi connectivity index (χ2n) is 10.9. The number of ether oxygens (including phenoxy) is 4. The van der Waals surface area contributed by atoms with Gasteiger partial charge in [0.25, 0.3) is 0 Å². The molecule has 4 aromatic rings. The SMILES string of the molecule is CCc1cc(-c2cccc(C(COC)Cc3c(O)c(OC)c(OCCCO)c4c3OC(c3ccc(O)cc3)CC4=O)c2)c[nH]1. The Bertz CT molecular complexity index is 1590. The number of ketones is 1. The van der Waals surface area contributed by atoms with Crippen molar-refractivity contribution in [3.63, 3.8) is 0 Å². The van der Waals surface area contributed by atoms with Crippen molar-refractivity contribution in [2.45, 2.75) is 44.6 Å². The summed E-state index contributed by atoms with van der Waals surface area (Å²) >= 11 is 0. The van der Waals surface area contributed by atoms with E-state index in [2.05, 4.69) is 30.1 Å². The lowest BCUT2D eigenvalue weighted by molar-refractivity contribution is 0.0836. The number of aliphatic hydroxyl groups is 1. The highest BCUT2D eigenvalue weighted by Gasteiger charge is 2.38. The zero-order valence-electron chi connectivity index (χ0n) is 25.3. The van der Waals surface area contributed by atoms with E-state index < -0.39 is 6.10 Å². The standard InChI is InChI=1S/C35H39NO8/c1-4-26-16-24(19-36-26)22-7-5-8-23(15-22)25(20-41-2)17-28-32(40)35(42-3)34(43-14-6-13-37)31-29(39)18-30(44-33(28)31)21-9-11-27(38)12-10-21/h5,7-12,15-16,19,25,30,36-38,40H,4,6,13-14,17-18,20H2,1-3H3. The Morgan fingerprint density at radius 3 is 2.52 bits per heavy atom. The molecule has 5 rings (SSSR count). The van der Waals surface area contributed by atoms with Crippen LogP contribution in [0, 0.1) is 0 Å². The molecular formula is C35H39NO8. The summed E-state index contributed by atoms with van der Waals surface area (Å²) in [5.74, 6) is -0.150. The average molecular weight is 602 g/mol. The number of rotatable bonds is 13. The summed E-state index contributed by atoms with van der Waals surface area (Å²) in [7, 11) is 3.04. The van der Waals surface area contributed by atoms with Gasteiger partial charge in [-0.25, -0.2) is 0 Å². The zero-order chi connectivity index (χ0) is 31.2. The summed E-state index contributed by atoms with van der Waals surface area (Å²) in [5, 5.41) is 30.8. The predicted molar refractivity (Wildman–Crippen MR) is 166 cm³/mol. The lowest BCUT2D eigenvalue weighted by Gasteiger charge is -2.31. The maximum Gasteiger partial charge on any atom is 0.204 e. The number of aliphatic hydroxyl groups excluding tert-OH is 1. The fourth-order valence-electron chi connectivity index (χ4n) is 5.69. The van der Waals surface area contributed by atoms with E-state index in [0.29, 0.717) is 24.2 Å². The van der Waals surface area contributed by atoms with E-state index in [9.17, 15) is 20.1 Å². The number of hydrogen-bond acceptors (Lipinski definition) is 8. The number of hydrogen-bond donors (Lipinski definition) is 4. The molecule has 44 heavy (non-hydrogen) atoms. The highest BCUT2D eigenvalue weighted by Crippen LogP contribution is 2.53. The van der Waals surface area contributed by atoms with Gasteiger partial charge in [-0.2, -0.15) is 0 Å². The van der Waals surface area contributed by atoms with Gasteiger partial charge in [0.2, 0.25) is 5.75 Å². The van der Waals surface area contributed by atoms with Gasteiger partial charge in [0.1, 0.15) is 23.2 Å². The average Bonchev–Trinajstić information content (AvgIpc) is 3.52. The summed E-state index contributed by atoms with van der Waals surface area (Å²) in [6.45, 7) is 2.47. The number of aromatic hydroxyl groups is 2. The topological polar surface area (TPSA) is 130 Å². The second-order valence-corrected chi connectivity index (χ2v) is 10.9. The third-order valence-corrected chi connectivity index (χ3v) is 8.00. The molecule has 0 saturated carbocycles. The van der Waals surface area contributed by atoms with E-state index in [1.165, 1.54) is 7.11 Å². The molecule has 1 aliphatic heterocycles. The van der Waals surface area contributed by atoms with E-state index in [-0.39, 0.29) is 72.1 Å². The number of aromatic amines is 1. The number of fused-ring (bicyclic) bond motifs is 1. The monoisotopic (exact) mass is 601 g/mol. The Hall–Kier alpha value is -4.47. The molecule has 0 saturated heterocycles. The van der Waals surface area contributed by atoms with Crippen LogP contribution in [0.2, 0.25) is 0 Å². The largest absolute Gasteiger partial charge is 0.508 e. The number of methoxy groups -OCH3 is 2. The first-order valence-electron chi connectivity index (χ1n) is 14.8. The molecule has 9 heteroatoms. The van der Waals surface area contributed by atoms with Gasteiger partial charge in [-0.05, 0) is 53.3 Å². The van der Waals surface area contributed by atoms with Crippen molar-refractivity contribution in [2.75, 3.05) is 34.0 Å². The number of nitrogens with one attached hydrogen (secondary N) is 1. The van der Waals surface area contributed by atoms with Crippen molar-refractivity contribution < 1.29 is 39.1 Å². The molecule has 232 valence electrons. The third kappa shape index (κ3) is 6.39. The van der Waals surface area contributed by atoms with Gasteiger partial charge >= 0.3 is 0 Å². The van der Waals surface area contributed by atoms with E-state index in [4.69, 9.17) is 18.9 Å². The van der Waals surface area contributed by atoms with Crippen LogP contribution in [-0.2, 0) is 17.6 Å². The van der Waals surface area contributed by atoms with Crippen LogP contribution in [0.5, 0.6) is 28.7 Å². The van der Waals surface area contributed by atoms with Gasteiger partial charge in [-0.3, -0.25) is 4.79 Å². The third-order valence-electron chi connectivity index (χ3n) is 8.00. The van der Waals surface area contributed by atoms with E-state index in [0.717, 1.165) is 28.8 Å². The molecule has 9 nitrogen and oxygen atoms in total. The number of phenolic OH excluding ortho intramolecular Hbond substituents is 2. The predicted octanol–water partition coefficient (Wildman–Crippen LogP) is 6.10. The summed E-state index contributed by atoms with van der Waals surface area (Å²) < 4.78 is 23.7. The molecule has 2 heterocycles. The quantitative estimate of drug-likeness (QED) is 0.135. The van der Waals surface area contributed by atoms with Crippen molar-refractivity contribution in [1.82, 2.24) is 4.98 Å². The molecule has 2 unspecified atom stereocenters. The number of phenols is 2. The minimum absolute atomic E-state index is 0.0292. The van der Waals surface area contributed by atoms with Crippen molar-refractivity contribution in [1.29, 1.82) is 0 Å². The molecule has 0 aliphatic carbocycles. The van der Waals surface area contributed by atoms with Crippen LogP contribution in [0.3, 0.4) is 0 Å². The number of Topliss-reactive ketones (excluding diaryl/α,β-unsaturated/α-hetero) is 1. The molecule has 0 amide bonds. The molecule has 3 aromatic carbocycles.